The predicted octanol–water partition coefficient (Wildman–Crippen LogP) is 4.56. The number of para-hydroxylation sites is 1. The Morgan fingerprint density at radius 1 is 0.909 bits per heavy atom. The van der Waals surface area contributed by atoms with Crippen molar-refractivity contribution in [2.24, 2.45) is 0 Å². The molecule has 0 aliphatic heterocycles. The van der Waals surface area contributed by atoms with Gasteiger partial charge in [0.1, 0.15) is 5.75 Å². The van der Waals surface area contributed by atoms with Crippen molar-refractivity contribution in [1.29, 1.82) is 0 Å². The molecule has 0 aliphatic rings. The highest BCUT2D eigenvalue weighted by Crippen LogP contribution is 2.25. The van der Waals surface area contributed by atoms with Gasteiger partial charge in [0.05, 0.1) is 33.7 Å². The van der Waals surface area contributed by atoms with E-state index in [0.29, 0.717) is 17.1 Å². The van der Waals surface area contributed by atoms with Crippen LogP contribution in [0.15, 0.2) is 90.1 Å². The van der Waals surface area contributed by atoms with Gasteiger partial charge in [-0.3, -0.25) is 9.52 Å². The van der Waals surface area contributed by atoms with Crippen LogP contribution in [0.2, 0.25) is 5.02 Å². The zero-order valence-corrected chi connectivity index (χ0v) is 18.5. The summed E-state index contributed by atoms with van der Waals surface area (Å²) in [5.74, 6) is -0.0616. The Hall–Kier alpha value is -3.95. The standard InChI is InChI=1S/C23H17ClN4O4S/c24-20-9-1-2-10-21(20)28-33(31,32)19-8-4-6-16(12-19)23(30)27-17-13-25-22(26-14-17)15-5-3-7-18(29)11-15/h1-14,28-29H,(H,27,30). The van der Waals surface area contributed by atoms with Crippen molar-refractivity contribution < 1.29 is 18.3 Å². The van der Waals surface area contributed by atoms with Crippen LogP contribution in [-0.2, 0) is 10.0 Å². The van der Waals surface area contributed by atoms with Gasteiger partial charge >= 0.3 is 0 Å². The summed E-state index contributed by atoms with van der Waals surface area (Å²) >= 11 is 6.03. The van der Waals surface area contributed by atoms with Crippen LogP contribution < -0.4 is 10.0 Å². The number of hydrogen-bond donors (Lipinski definition) is 3. The number of aromatic hydroxyl groups is 1. The third kappa shape index (κ3) is 5.28. The monoisotopic (exact) mass is 480 g/mol. The highest BCUT2D eigenvalue weighted by Gasteiger charge is 2.18. The number of rotatable bonds is 6. The summed E-state index contributed by atoms with van der Waals surface area (Å²) in [7, 11) is -3.96. The largest absolute Gasteiger partial charge is 0.508 e. The van der Waals surface area contributed by atoms with Gasteiger partial charge in [-0.15, -0.1) is 0 Å². The summed E-state index contributed by atoms with van der Waals surface area (Å²) < 4.78 is 27.9. The molecule has 1 aromatic heterocycles. The molecule has 0 unspecified atom stereocenters. The first kappa shape index (κ1) is 22.3. The maximum Gasteiger partial charge on any atom is 0.261 e. The van der Waals surface area contributed by atoms with E-state index in [0.717, 1.165) is 0 Å². The Balaban J connectivity index is 1.50. The van der Waals surface area contributed by atoms with E-state index in [1.807, 2.05) is 0 Å². The van der Waals surface area contributed by atoms with E-state index in [4.69, 9.17) is 11.6 Å². The predicted molar refractivity (Wildman–Crippen MR) is 126 cm³/mol. The van der Waals surface area contributed by atoms with Crippen LogP contribution in [0.4, 0.5) is 11.4 Å². The molecule has 0 spiro atoms. The molecule has 0 fully saturated rings. The summed E-state index contributed by atoms with van der Waals surface area (Å²) in [6.07, 6.45) is 2.84. The Morgan fingerprint density at radius 2 is 1.64 bits per heavy atom. The number of carbonyl (C=O) groups excluding carboxylic acids is 1. The number of amides is 1. The lowest BCUT2D eigenvalue weighted by Crippen LogP contribution is -2.16. The lowest BCUT2D eigenvalue weighted by molar-refractivity contribution is 0.102. The van der Waals surface area contributed by atoms with E-state index in [-0.39, 0.29) is 26.9 Å². The second-order valence-corrected chi connectivity index (χ2v) is 9.00. The zero-order chi connectivity index (χ0) is 23.4. The third-order valence-electron chi connectivity index (χ3n) is 4.54. The Bertz CT molecular complexity index is 1430. The van der Waals surface area contributed by atoms with Gasteiger partial charge in [0.15, 0.2) is 5.82 Å². The third-order valence-corrected chi connectivity index (χ3v) is 6.23. The molecule has 0 saturated heterocycles. The zero-order valence-electron chi connectivity index (χ0n) is 16.9. The Labute approximate surface area is 195 Å². The number of sulfonamides is 1. The van der Waals surface area contributed by atoms with Crippen LogP contribution in [0.3, 0.4) is 0 Å². The first-order valence-electron chi connectivity index (χ1n) is 9.62. The summed E-state index contributed by atoms with van der Waals surface area (Å²) in [6, 6.07) is 18.5. The number of anilines is 2. The van der Waals surface area contributed by atoms with Crippen molar-refractivity contribution in [3.8, 4) is 17.1 Å². The van der Waals surface area contributed by atoms with Crippen LogP contribution in [0.25, 0.3) is 11.4 Å². The Morgan fingerprint density at radius 3 is 2.36 bits per heavy atom. The molecule has 1 heterocycles. The van der Waals surface area contributed by atoms with Gasteiger partial charge in [0.2, 0.25) is 0 Å². The highest BCUT2D eigenvalue weighted by atomic mass is 35.5. The SMILES string of the molecule is O=C(Nc1cnc(-c2cccc(O)c2)nc1)c1cccc(S(=O)(=O)Nc2ccccc2Cl)c1. The van der Waals surface area contributed by atoms with Crippen molar-refractivity contribution in [2.45, 2.75) is 4.90 Å². The topological polar surface area (TPSA) is 121 Å². The van der Waals surface area contributed by atoms with Gasteiger partial charge in [0, 0.05) is 11.1 Å². The van der Waals surface area contributed by atoms with E-state index in [1.165, 1.54) is 54.9 Å². The molecule has 0 bridgehead atoms. The number of aromatic nitrogens is 2. The van der Waals surface area contributed by atoms with Crippen molar-refractivity contribution in [3.63, 3.8) is 0 Å². The highest BCUT2D eigenvalue weighted by molar-refractivity contribution is 7.92. The number of nitrogens with zero attached hydrogens (tertiary/aromatic N) is 2. The van der Waals surface area contributed by atoms with Crippen LogP contribution in [0.1, 0.15) is 10.4 Å². The molecule has 3 N–H and O–H groups in total. The summed E-state index contributed by atoms with van der Waals surface area (Å²) in [6.45, 7) is 0. The number of phenols is 1. The maximum absolute atomic E-state index is 12.7. The minimum Gasteiger partial charge on any atom is -0.508 e. The molecule has 166 valence electrons. The molecule has 4 aromatic rings. The lowest BCUT2D eigenvalue weighted by atomic mass is 10.2. The molecular weight excluding hydrogens is 464 g/mol. The average molecular weight is 481 g/mol. The first-order valence-corrected chi connectivity index (χ1v) is 11.5. The minimum atomic E-state index is -3.96. The molecule has 1 amide bonds. The molecular formula is C23H17ClN4O4S. The number of carbonyl (C=O) groups is 1. The summed E-state index contributed by atoms with van der Waals surface area (Å²) in [5.41, 5.74) is 1.32. The smallest absolute Gasteiger partial charge is 0.261 e. The second-order valence-electron chi connectivity index (χ2n) is 6.91. The van der Waals surface area contributed by atoms with Gasteiger partial charge in [-0.25, -0.2) is 18.4 Å². The Kier molecular flexibility index (Phi) is 6.25. The molecule has 0 radical (unpaired) electrons. The van der Waals surface area contributed by atoms with Crippen molar-refractivity contribution in [2.75, 3.05) is 10.0 Å². The molecule has 3 aromatic carbocycles. The normalized spacial score (nSPS) is 11.1. The van der Waals surface area contributed by atoms with E-state index < -0.39 is 15.9 Å². The van der Waals surface area contributed by atoms with Gasteiger partial charge in [0.25, 0.3) is 15.9 Å². The van der Waals surface area contributed by atoms with Crippen LogP contribution >= 0.6 is 11.6 Å². The van der Waals surface area contributed by atoms with E-state index in [1.54, 1.807) is 30.3 Å². The summed E-state index contributed by atoms with van der Waals surface area (Å²) in [4.78, 5) is 21.0. The minimum absolute atomic E-state index is 0.0901. The molecule has 0 saturated carbocycles. The fourth-order valence-electron chi connectivity index (χ4n) is 2.94. The van der Waals surface area contributed by atoms with Crippen LogP contribution in [-0.4, -0.2) is 29.4 Å². The average Bonchev–Trinajstić information content (AvgIpc) is 2.81. The number of benzene rings is 3. The van der Waals surface area contributed by atoms with Gasteiger partial charge < -0.3 is 10.4 Å². The van der Waals surface area contributed by atoms with E-state index in [2.05, 4.69) is 20.0 Å². The molecule has 8 nitrogen and oxygen atoms in total. The fraction of sp³-hybridized carbons (Fsp3) is 0. The molecule has 0 atom stereocenters. The van der Waals surface area contributed by atoms with Crippen molar-refractivity contribution in [1.82, 2.24) is 9.97 Å². The van der Waals surface area contributed by atoms with Gasteiger partial charge in [-0.1, -0.05) is 41.9 Å². The van der Waals surface area contributed by atoms with Gasteiger partial charge in [-0.05, 0) is 42.5 Å². The lowest BCUT2D eigenvalue weighted by Gasteiger charge is -2.11. The van der Waals surface area contributed by atoms with Crippen molar-refractivity contribution >= 4 is 38.9 Å². The number of halogens is 1. The van der Waals surface area contributed by atoms with E-state index in [9.17, 15) is 18.3 Å². The first-order chi connectivity index (χ1) is 15.8. The fourth-order valence-corrected chi connectivity index (χ4v) is 4.31. The van der Waals surface area contributed by atoms with E-state index >= 15 is 0 Å². The quantitative estimate of drug-likeness (QED) is 0.372. The van der Waals surface area contributed by atoms with Gasteiger partial charge in [-0.2, -0.15) is 0 Å². The number of nitrogens with one attached hydrogen (secondary N) is 2. The van der Waals surface area contributed by atoms with Crippen molar-refractivity contribution in [3.05, 3.63) is 95.8 Å². The number of hydrogen-bond acceptors (Lipinski definition) is 6. The van der Waals surface area contributed by atoms with Crippen LogP contribution in [0.5, 0.6) is 5.75 Å². The maximum atomic E-state index is 12.7. The molecule has 10 heteroatoms. The second kappa shape index (κ2) is 9.27. The number of phenolic OH excluding ortho intramolecular Hbond substituents is 1. The molecule has 33 heavy (non-hydrogen) atoms. The molecule has 4 rings (SSSR count). The van der Waals surface area contributed by atoms with Crippen LogP contribution in [0, 0.1) is 0 Å². The molecule has 0 aliphatic carbocycles. The summed E-state index contributed by atoms with van der Waals surface area (Å²) in [5, 5.41) is 12.5.